The zero-order valence-corrected chi connectivity index (χ0v) is 27.8. The molecule has 3 aromatic rings. The van der Waals surface area contributed by atoms with Crippen LogP contribution in [0.2, 0.25) is 10.0 Å². The number of aryl methyl sites for hydroxylation is 1. The minimum Gasteiger partial charge on any atom is -0.462 e. The molecule has 2 atom stereocenters. The monoisotopic (exact) mass is 668 g/mol. The number of ketones is 1. The fourth-order valence-corrected chi connectivity index (χ4v) is 6.54. The molecule has 0 bridgehead atoms. The molecule has 44 heavy (non-hydrogen) atoms. The van der Waals surface area contributed by atoms with Crippen molar-refractivity contribution in [3.05, 3.63) is 38.7 Å². The number of esters is 1. The highest BCUT2D eigenvalue weighted by Gasteiger charge is 2.35. The Hall–Kier alpha value is -2.81. The molecule has 4 rings (SSSR count). The maximum absolute atomic E-state index is 13.2. The molecule has 4 heterocycles. The third-order valence-corrected chi connectivity index (χ3v) is 9.23. The number of thiazole rings is 1. The van der Waals surface area contributed by atoms with E-state index in [9.17, 15) is 9.59 Å². The Morgan fingerprint density at radius 3 is 2.48 bits per heavy atom. The number of ether oxygens (including phenoxy) is 4. The lowest BCUT2D eigenvalue weighted by Crippen LogP contribution is -2.46. The van der Waals surface area contributed by atoms with Crippen molar-refractivity contribution >= 4 is 57.2 Å². The number of aromatic nitrogens is 4. The van der Waals surface area contributed by atoms with Crippen LogP contribution in [0.4, 0.5) is 10.9 Å². The van der Waals surface area contributed by atoms with Crippen LogP contribution in [0.3, 0.4) is 0 Å². The van der Waals surface area contributed by atoms with Crippen molar-refractivity contribution in [3.63, 3.8) is 0 Å². The summed E-state index contributed by atoms with van der Waals surface area (Å²) in [6.45, 7) is 8.14. The Kier molecular flexibility index (Phi) is 12.4. The summed E-state index contributed by atoms with van der Waals surface area (Å²) in [5.41, 5.74) is 1.82. The van der Waals surface area contributed by atoms with Crippen molar-refractivity contribution in [3.8, 4) is 11.4 Å². The van der Waals surface area contributed by atoms with E-state index in [1.165, 1.54) is 11.3 Å². The number of aromatic amines is 1. The number of methoxy groups -OCH3 is 2. The topological polar surface area (TPSA) is 141 Å². The fourth-order valence-electron chi connectivity index (χ4n) is 5.10. The van der Waals surface area contributed by atoms with Crippen molar-refractivity contribution in [1.29, 1.82) is 0 Å². The molecule has 1 fully saturated rings. The van der Waals surface area contributed by atoms with Gasteiger partial charge >= 0.3 is 5.97 Å². The summed E-state index contributed by atoms with van der Waals surface area (Å²) in [6.07, 6.45) is 3.85. The second-order valence-electron chi connectivity index (χ2n) is 10.3. The summed E-state index contributed by atoms with van der Waals surface area (Å²) in [5.74, 6) is -0.0852. The molecular weight excluding hydrogens is 631 g/mol. The molecule has 1 aliphatic rings. The second-order valence-corrected chi connectivity index (χ2v) is 12.0. The lowest BCUT2D eigenvalue weighted by molar-refractivity contribution is 0.0103. The van der Waals surface area contributed by atoms with E-state index in [1.54, 1.807) is 40.5 Å². The van der Waals surface area contributed by atoms with Gasteiger partial charge in [0.15, 0.2) is 10.9 Å². The number of carbonyl (C=O) groups excluding carboxylic acids is 2. The smallest absolute Gasteiger partial charge is 0.350 e. The van der Waals surface area contributed by atoms with Gasteiger partial charge in [-0.25, -0.2) is 19.7 Å². The molecule has 0 unspecified atom stereocenters. The molecule has 1 aliphatic heterocycles. The first-order valence-electron chi connectivity index (χ1n) is 14.4. The van der Waals surface area contributed by atoms with Crippen molar-refractivity contribution in [1.82, 2.24) is 19.9 Å². The van der Waals surface area contributed by atoms with E-state index in [-0.39, 0.29) is 41.9 Å². The van der Waals surface area contributed by atoms with Gasteiger partial charge in [-0.3, -0.25) is 4.79 Å². The number of nitrogens with zero attached hydrogens (tertiary/aromatic N) is 4. The van der Waals surface area contributed by atoms with Crippen molar-refractivity contribution < 1.29 is 28.5 Å². The molecule has 0 amide bonds. The summed E-state index contributed by atoms with van der Waals surface area (Å²) >= 11 is 13.7. The highest BCUT2D eigenvalue weighted by molar-refractivity contribution is 7.17. The van der Waals surface area contributed by atoms with Gasteiger partial charge in [-0.2, -0.15) is 0 Å². The minimum absolute atomic E-state index is 0.0351. The predicted molar refractivity (Wildman–Crippen MR) is 170 cm³/mol. The van der Waals surface area contributed by atoms with E-state index < -0.39 is 5.97 Å². The van der Waals surface area contributed by atoms with Crippen LogP contribution in [0.25, 0.3) is 11.4 Å². The molecule has 0 radical (unpaired) electrons. The van der Waals surface area contributed by atoms with Crippen LogP contribution in [0, 0.1) is 12.8 Å². The Morgan fingerprint density at radius 1 is 1.14 bits per heavy atom. The second kappa shape index (κ2) is 16.0. The first-order valence-corrected chi connectivity index (χ1v) is 16.0. The van der Waals surface area contributed by atoms with Crippen molar-refractivity contribution in [2.24, 2.45) is 5.92 Å². The third kappa shape index (κ3) is 8.06. The summed E-state index contributed by atoms with van der Waals surface area (Å²) in [7, 11) is 3.23. The first kappa shape index (κ1) is 34.1. The molecule has 3 aromatic heterocycles. The van der Waals surface area contributed by atoms with E-state index in [2.05, 4.69) is 25.2 Å². The van der Waals surface area contributed by atoms with Crippen LogP contribution in [-0.4, -0.2) is 97.6 Å². The number of anilines is 2. The van der Waals surface area contributed by atoms with E-state index in [0.29, 0.717) is 83.0 Å². The summed E-state index contributed by atoms with van der Waals surface area (Å²) in [5, 5.41) is 4.48. The number of H-pyrrole nitrogens is 1. The van der Waals surface area contributed by atoms with Gasteiger partial charge in [-0.1, -0.05) is 34.5 Å². The Morgan fingerprint density at radius 2 is 1.89 bits per heavy atom. The average Bonchev–Trinajstić information content (AvgIpc) is 3.56. The van der Waals surface area contributed by atoms with Crippen LogP contribution in [0.15, 0.2) is 12.4 Å². The van der Waals surface area contributed by atoms with Gasteiger partial charge in [0.25, 0.3) is 0 Å². The Bertz CT molecular complexity index is 1410. The van der Waals surface area contributed by atoms with Gasteiger partial charge in [0, 0.05) is 46.0 Å². The maximum atomic E-state index is 13.2. The standard InChI is InChI=1S/C29H38Cl2N6O6S/c1-6-42-21-13-37(9-8-17(21)10-20(38)26-24(31)23(30)16(3)34-26)29-36-25(27(44-29)28(39)43-7-2)19-11-33-22(12-32-19)35-18(14-40-4)15-41-5/h11-12,17-18,21,34H,6-10,13-15H2,1-5H3,(H,33,35)/t17-,21-/m0/s1. The number of rotatable bonds is 15. The minimum atomic E-state index is -0.478. The maximum Gasteiger partial charge on any atom is 0.350 e. The predicted octanol–water partition coefficient (Wildman–Crippen LogP) is 5.30. The van der Waals surface area contributed by atoms with Gasteiger partial charge in [-0.15, -0.1) is 0 Å². The van der Waals surface area contributed by atoms with Crippen LogP contribution < -0.4 is 10.2 Å². The first-order chi connectivity index (χ1) is 21.2. The summed E-state index contributed by atoms with van der Waals surface area (Å²) in [6, 6.07) is -0.107. The van der Waals surface area contributed by atoms with E-state index >= 15 is 0 Å². The molecule has 1 saturated heterocycles. The third-order valence-electron chi connectivity index (χ3n) is 7.19. The molecule has 12 nitrogen and oxygen atoms in total. The van der Waals surface area contributed by atoms with Crippen molar-refractivity contribution in [2.45, 2.75) is 45.8 Å². The number of halogens is 2. The number of nitrogens with one attached hydrogen (secondary N) is 2. The van der Waals surface area contributed by atoms with Crippen LogP contribution in [-0.2, 0) is 18.9 Å². The van der Waals surface area contributed by atoms with Crippen LogP contribution in [0.1, 0.15) is 52.5 Å². The lowest BCUT2D eigenvalue weighted by atomic mass is 9.88. The number of carbonyl (C=O) groups is 2. The Balaban J connectivity index is 1.54. The molecule has 2 N–H and O–H groups in total. The normalized spacial score (nSPS) is 16.9. The number of piperidine rings is 1. The molecule has 0 aromatic carbocycles. The molecule has 240 valence electrons. The number of hydrogen-bond acceptors (Lipinski definition) is 12. The van der Waals surface area contributed by atoms with E-state index in [0.717, 1.165) is 0 Å². The quantitative estimate of drug-likeness (QED) is 0.161. The average molecular weight is 670 g/mol. The zero-order valence-electron chi connectivity index (χ0n) is 25.4. The van der Waals surface area contributed by atoms with Gasteiger partial charge in [0.1, 0.15) is 27.8 Å². The molecule has 0 saturated carbocycles. The number of hydrogen-bond donors (Lipinski definition) is 2. The van der Waals surface area contributed by atoms with Gasteiger partial charge in [0.05, 0.1) is 54.4 Å². The van der Waals surface area contributed by atoms with Gasteiger partial charge in [-0.05, 0) is 33.1 Å². The Labute approximate surface area is 270 Å². The van der Waals surface area contributed by atoms with Gasteiger partial charge < -0.3 is 34.1 Å². The molecule has 0 spiro atoms. The van der Waals surface area contributed by atoms with Gasteiger partial charge in [0.2, 0.25) is 0 Å². The lowest BCUT2D eigenvalue weighted by Gasteiger charge is -2.38. The largest absolute Gasteiger partial charge is 0.462 e. The van der Waals surface area contributed by atoms with Crippen LogP contribution >= 0.6 is 34.5 Å². The van der Waals surface area contributed by atoms with Crippen molar-refractivity contribution in [2.75, 3.05) is 64.0 Å². The fraction of sp³-hybridized carbons (Fsp3) is 0.552. The summed E-state index contributed by atoms with van der Waals surface area (Å²) in [4.78, 5) is 45.4. The highest BCUT2D eigenvalue weighted by Crippen LogP contribution is 2.37. The van der Waals surface area contributed by atoms with E-state index in [4.69, 9.17) is 47.1 Å². The number of Topliss-reactive ketones (excluding diaryl/α,β-unsaturated/α-hetero) is 1. The summed E-state index contributed by atoms with van der Waals surface area (Å²) < 4.78 is 21.9. The van der Waals surface area contributed by atoms with E-state index in [1.807, 2.05) is 6.92 Å². The molecule has 15 heteroatoms. The highest BCUT2D eigenvalue weighted by atomic mass is 35.5. The SMILES string of the molecule is CCOC(=O)c1sc(N2CC[C@@H](CC(=O)c3[nH]c(C)c(Cl)c3Cl)[C@@H](OCC)C2)nc1-c1cnc(NC(COC)COC)cn1. The molecule has 0 aliphatic carbocycles. The molecular formula is C29H38Cl2N6O6S. The van der Waals surface area contributed by atoms with Crippen LogP contribution in [0.5, 0.6) is 0 Å². The zero-order chi connectivity index (χ0) is 31.8.